The molecule has 0 saturated heterocycles. The summed E-state index contributed by atoms with van der Waals surface area (Å²) >= 11 is 0. The lowest BCUT2D eigenvalue weighted by molar-refractivity contribution is 0.0516. The third-order valence-corrected chi connectivity index (χ3v) is 3.82. The van der Waals surface area contributed by atoms with E-state index in [2.05, 4.69) is 15.1 Å². The van der Waals surface area contributed by atoms with Crippen LogP contribution in [0.5, 0.6) is 6.01 Å². The number of hydrogen-bond acceptors (Lipinski definition) is 6. The Bertz CT molecular complexity index is 1100. The maximum absolute atomic E-state index is 12.3. The molecule has 3 heterocycles. The highest BCUT2D eigenvalue weighted by Gasteiger charge is 2.24. The van der Waals surface area contributed by atoms with E-state index in [9.17, 15) is 4.79 Å². The summed E-state index contributed by atoms with van der Waals surface area (Å²) in [7, 11) is 1.54. The summed E-state index contributed by atoms with van der Waals surface area (Å²) in [4.78, 5) is 21.2. The zero-order valence-corrected chi connectivity index (χ0v) is 13.5. The summed E-state index contributed by atoms with van der Waals surface area (Å²) in [5.41, 5.74) is 2.22. The Kier molecular flexibility index (Phi) is 3.12. The van der Waals surface area contributed by atoms with Gasteiger partial charge in [-0.1, -0.05) is 12.1 Å². The molecule has 122 valence electrons. The SMILES string of the molecule is CCOC(=O)c1c(C)nc2n1nc1c3ccccc3nc(OC)n12. The first-order chi connectivity index (χ1) is 11.7. The largest absolute Gasteiger partial charge is 0.468 e. The van der Waals surface area contributed by atoms with Gasteiger partial charge in [-0.3, -0.25) is 0 Å². The van der Waals surface area contributed by atoms with Crippen molar-refractivity contribution in [2.24, 2.45) is 0 Å². The van der Waals surface area contributed by atoms with Crippen LogP contribution < -0.4 is 4.74 Å². The van der Waals surface area contributed by atoms with E-state index in [0.717, 1.165) is 10.9 Å². The number of nitrogens with zero attached hydrogens (tertiary/aromatic N) is 5. The van der Waals surface area contributed by atoms with E-state index >= 15 is 0 Å². The minimum Gasteiger partial charge on any atom is -0.468 e. The van der Waals surface area contributed by atoms with Crippen molar-refractivity contribution in [3.8, 4) is 6.01 Å². The third-order valence-electron chi connectivity index (χ3n) is 3.82. The molecule has 4 aromatic rings. The number of fused-ring (bicyclic) bond motifs is 5. The molecule has 0 bridgehead atoms. The van der Waals surface area contributed by atoms with Crippen LogP contribution in [0.15, 0.2) is 24.3 Å². The average molecular weight is 325 g/mol. The van der Waals surface area contributed by atoms with Gasteiger partial charge in [0, 0.05) is 5.39 Å². The number of aryl methyl sites for hydroxylation is 1. The first-order valence-electron chi connectivity index (χ1n) is 7.53. The molecule has 0 aliphatic heterocycles. The van der Waals surface area contributed by atoms with E-state index in [4.69, 9.17) is 9.47 Å². The summed E-state index contributed by atoms with van der Waals surface area (Å²) in [5.74, 6) is 0.00259. The van der Waals surface area contributed by atoms with E-state index in [1.807, 2.05) is 24.3 Å². The van der Waals surface area contributed by atoms with Crippen molar-refractivity contribution in [1.29, 1.82) is 0 Å². The summed E-state index contributed by atoms with van der Waals surface area (Å²) < 4.78 is 13.7. The Labute approximate surface area is 136 Å². The Balaban J connectivity index is 2.15. The quantitative estimate of drug-likeness (QED) is 0.536. The molecule has 8 nitrogen and oxygen atoms in total. The molecule has 1 aromatic carbocycles. The predicted molar refractivity (Wildman–Crippen MR) is 86.5 cm³/mol. The molecule has 0 aliphatic rings. The molecule has 3 aromatic heterocycles. The highest BCUT2D eigenvalue weighted by Crippen LogP contribution is 2.25. The van der Waals surface area contributed by atoms with Gasteiger partial charge in [-0.15, -0.1) is 5.10 Å². The van der Waals surface area contributed by atoms with E-state index in [1.54, 1.807) is 18.2 Å². The third kappa shape index (κ3) is 1.86. The van der Waals surface area contributed by atoms with Crippen molar-refractivity contribution in [2.45, 2.75) is 13.8 Å². The van der Waals surface area contributed by atoms with E-state index < -0.39 is 5.97 Å². The van der Waals surface area contributed by atoms with Crippen LogP contribution in [0, 0.1) is 6.92 Å². The molecule has 0 radical (unpaired) electrons. The maximum atomic E-state index is 12.3. The molecule has 0 N–H and O–H groups in total. The molecule has 0 fully saturated rings. The molecular formula is C16H15N5O3. The minimum absolute atomic E-state index is 0.284. The normalized spacial score (nSPS) is 11.5. The van der Waals surface area contributed by atoms with Crippen LogP contribution in [-0.2, 0) is 4.74 Å². The van der Waals surface area contributed by atoms with Crippen molar-refractivity contribution in [1.82, 2.24) is 24.0 Å². The lowest BCUT2D eigenvalue weighted by atomic mass is 10.2. The zero-order chi connectivity index (χ0) is 16.8. The molecule has 0 atom stereocenters. The van der Waals surface area contributed by atoms with Gasteiger partial charge in [0.2, 0.25) is 5.78 Å². The zero-order valence-electron chi connectivity index (χ0n) is 13.5. The van der Waals surface area contributed by atoms with Crippen LogP contribution >= 0.6 is 0 Å². The highest BCUT2D eigenvalue weighted by molar-refractivity contribution is 5.94. The second-order valence-corrected chi connectivity index (χ2v) is 5.25. The van der Waals surface area contributed by atoms with Gasteiger partial charge < -0.3 is 9.47 Å². The Morgan fingerprint density at radius 3 is 2.79 bits per heavy atom. The van der Waals surface area contributed by atoms with Crippen molar-refractivity contribution < 1.29 is 14.3 Å². The predicted octanol–water partition coefficient (Wildman–Crippen LogP) is 2.02. The lowest BCUT2D eigenvalue weighted by Gasteiger charge is -2.04. The van der Waals surface area contributed by atoms with Crippen molar-refractivity contribution in [3.05, 3.63) is 35.7 Å². The fraction of sp³-hybridized carbons (Fsp3) is 0.250. The minimum atomic E-state index is -0.456. The number of methoxy groups -OCH3 is 1. The van der Waals surface area contributed by atoms with Crippen LogP contribution in [0.3, 0.4) is 0 Å². The number of para-hydroxylation sites is 1. The topological polar surface area (TPSA) is 83.0 Å². The van der Waals surface area contributed by atoms with Gasteiger partial charge in [0.25, 0.3) is 0 Å². The molecule has 0 amide bonds. The summed E-state index contributed by atoms with van der Waals surface area (Å²) in [6, 6.07) is 7.96. The number of carbonyl (C=O) groups is 1. The van der Waals surface area contributed by atoms with Gasteiger partial charge in [0.1, 0.15) is 0 Å². The van der Waals surface area contributed by atoms with Crippen molar-refractivity contribution in [2.75, 3.05) is 13.7 Å². The Morgan fingerprint density at radius 1 is 1.25 bits per heavy atom. The standard InChI is InChI=1S/C16H15N5O3/c1-4-24-14(22)12-9(2)17-15-20-13(19-21(12)15)10-7-5-6-8-11(10)18-16(20)23-3/h5-8H,4H2,1-3H3. The van der Waals surface area contributed by atoms with Gasteiger partial charge in [0.05, 0.1) is 24.9 Å². The number of carbonyl (C=O) groups excluding carboxylic acids is 1. The molecule has 0 unspecified atom stereocenters. The van der Waals surface area contributed by atoms with Crippen LogP contribution in [0.25, 0.3) is 22.3 Å². The first kappa shape index (κ1) is 14.4. The van der Waals surface area contributed by atoms with Crippen LogP contribution in [0.4, 0.5) is 0 Å². The lowest BCUT2D eigenvalue weighted by Crippen LogP contribution is -2.10. The number of ether oxygens (including phenoxy) is 2. The van der Waals surface area contributed by atoms with Crippen molar-refractivity contribution >= 4 is 28.3 Å². The number of imidazole rings is 1. The number of esters is 1. The molecule has 0 saturated carbocycles. The van der Waals surface area contributed by atoms with Gasteiger partial charge in [0.15, 0.2) is 11.3 Å². The molecule has 0 spiro atoms. The summed E-state index contributed by atoms with van der Waals surface area (Å²) in [5, 5.41) is 5.42. The first-order valence-corrected chi connectivity index (χ1v) is 7.53. The van der Waals surface area contributed by atoms with E-state index in [-0.39, 0.29) is 6.61 Å². The summed E-state index contributed by atoms with van der Waals surface area (Å²) in [6.45, 7) is 3.79. The van der Waals surface area contributed by atoms with Crippen LogP contribution in [0.2, 0.25) is 0 Å². The molecule has 0 aliphatic carbocycles. The smallest absolute Gasteiger partial charge is 0.359 e. The molecule has 4 rings (SSSR count). The van der Waals surface area contributed by atoms with Gasteiger partial charge in [-0.05, 0) is 26.0 Å². The fourth-order valence-electron chi connectivity index (χ4n) is 2.81. The van der Waals surface area contributed by atoms with Crippen LogP contribution in [0.1, 0.15) is 23.1 Å². The van der Waals surface area contributed by atoms with Crippen molar-refractivity contribution in [3.63, 3.8) is 0 Å². The van der Waals surface area contributed by atoms with E-state index in [1.165, 1.54) is 11.6 Å². The summed E-state index contributed by atoms with van der Waals surface area (Å²) in [6.07, 6.45) is 0. The fourth-order valence-corrected chi connectivity index (χ4v) is 2.81. The van der Waals surface area contributed by atoms with Gasteiger partial charge in [-0.25, -0.2) is 14.2 Å². The molecule has 8 heteroatoms. The van der Waals surface area contributed by atoms with E-state index in [0.29, 0.717) is 28.8 Å². The monoisotopic (exact) mass is 325 g/mol. The Hall–Kier alpha value is -3.16. The Morgan fingerprint density at radius 2 is 2.04 bits per heavy atom. The number of hydrogen-bond donors (Lipinski definition) is 0. The van der Waals surface area contributed by atoms with Gasteiger partial charge >= 0.3 is 12.0 Å². The highest BCUT2D eigenvalue weighted by atomic mass is 16.5. The maximum Gasteiger partial charge on any atom is 0.359 e. The number of rotatable bonds is 3. The number of benzene rings is 1. The van der Waals surface area contributed by atoms with Gasteiger partial charge in [-0.2, -0.15) is 9.50 Å². The number of aromatic nitrogens is 5. The second-order valence-electron chi connectivity index (χ2n) is 5.25. The second kappa shape index (κ2) is 5.19. The van der Waals surface area contributed by atoms with Crippen LogP contribution in [-0.4, -0.2) is 43.7 Å². The average Bonchev–Trinajstić information content (AvgIpc) is 3.09. The molecule has 24 heavy (non-hydrogen) atoms. The molecular weight excluding hydrogens is 310 g/mol.